The molecule has 0 unspecified atom stereocenters. The highest BCUT2D eigenvalue weighted by atomic mass is 79.9. The van der Waals surface area contributed by atoms with Gasteiger partial charge in [0, 0.05) is 24.4 Å². The van der Waals surface area contributed by atoms with Crippen molar-refractivity contribution in [2.24, 2.45) is 0 Å². The van der Waals surface area contributed by atoms with Gasteiger partial charge in [-0.3, -0.25) is 4.57 Å². The van der Waals surface area contributed by atoms with Gasteiger partial charge in [0.15, 0.2) is 0 Å². The molecule has 2 aromatic heterocycles. The van der Waals surface area contributed by atoms with Crippen molar-refractivity contribution < 1.29 is 19.4 Å². The van der Waals surface area contributed by atoms with E-state index in [2.05, 4.69) is 20.9 Å². The Bertz CT molecular complexity index is 805. The van der Waals surface area contributed by atoms with Gasteiger partial charge in [-0.2, -0.15) is 4.98 Å². The minimum Gasteiger partial charge on any atom is -0.443 e. The number of furan rings is 1. The molecule has 28 heavy (non-hydrogen) atoms. The van der Waals surface area contributed by atoms with Gasteiger partial charge in [0.05, 0.1) is 18.1 Å². The zero-order valence-corrected chi connectivity index (χ0v) is 17.6. The molecule has 3 heterocycles. The molecule has 8 heteroatoms. The summed E-state index contributed by atoms with van der Waals surface area (Å²) in [4.78, 5) is 16.3. The third kappa shape index (κ3) is 5.43. The molecule has 0 radical (unpaired) electrons. The fourth-order valence-corrected chi connectivity index (χ4v) is 4.03. The predicted octanol–water partition coefficient (Wildman–Crippen LogP) is 3.30. The van der Waals surface area contributed by atoms with Gasteiger partial charge in [-0.1, -0.05) is 48.0 Å². The van der Waals surface area contributed by atoms with Gasteiger partial charge in [-0.25, -0.2) is 4.79 Å². The van der Waals surface area contributed by atoms with E-state index < -0.39 is 24.1 Å². The van der Waals surface area contributed by atoms with Gasteiger partial charge in [-0.15, -0.1) is 0 Å². The number of hydrogen-bond donors (Lipinski definition) is 2. The molecular formula is C20H29BrN2O5. The Kier molecular flexibility index (Phi) is 8.08. The van der Waals surface area contributed by atoms with Gasteiger partial charge in [-0.05, 0) is 18.9 Å². The maximum atomic E-state index is 12.3. The second kappa shape index (κ2) is 10.5. The number of rotatable bonds is 11. The molecule has 7 nitrogen and oxygen atoms in total. The first-order valence-electron chi connectivity index (χ1n) is 10.1. The fourth-order valence-electron chi connectivity index (χ4n) is 3.63. The van der Waals surface area contributed by atoms with E-state index in [-0.39, 0.29) is 13.0 Å². The van der Waals surface area contributed by atoms with Crippen molar-refractivity contribution in [1.29, 1.82) is 0 Å². The summed E-state index contributed by atoms with van der Waals surface area (Å²) in [6, 6.07) is 1.92. The van der Waals surface area contributed by atoms with Crippen LogP contribution in [0.1, 0.15) is 63.4 Å². The van der Waals surface area contributed by atoms with Crippen molar-refractivity contribution in [3.05, 3.63) is 28.5 Å². The summed E-state index contributed by atoms with van der Waals surface area (Å²) < 4.78 is 12.7. The van der Waals surface area contributed by atoms with Crippen LogP contribution in [-0.4, -0.2) is 43.9 Å². The Morgan fingerprint density at radius 3 is 2.57 bits per heavy atom. The molecule has 1 saturated heterocycles. The third-order valence-corrected chi connectivity index (χ3v) is 5.80. The van der Waals surface area contributed by atoms with Gasteiger partial charge in [0.25, 0.3) is 0 Å². The van der Waals surface area contributed by atoms with E-state index in [4.69, 9.17) is 9.15 Å². The minimum absolute atomic E-state index is 0.249. The summed E-state index contributed by atoms with van der Waals surface area (Å²) in [5.74, 6) is 0.833. The molecule has 156 valence electrons. The number of aryl methyl sites for hydroxylation is 1. The van der Waals surface area contributed by atoms with Crippen LogP contribution in [0.4, 0.5) is 0 Å². The molecule has 1 fully saturated rings. The SMILES string of the molecule is O=c1nc2oc(CCCCCCCCCBr)cc2cn1[C@H]1C[C@H](O)[C@@H](CO)O1. The zero-order chi connectivity index (χ0) is 19.9. The molecule has 0 aromatic carbocycles. The van der Waals surface area contributed by atoms with Gasteiger partial charge >= 0.3 is 5.69 Å². The van der Waals surface area contributed by atoms with Crippen molar-refractivity contribution in [3.8, 4) is 0 Å². The summed E-state index contributed by atoms with van der Waals surface area (Å²) in [6.45, 7) is -0.283. The highest BCUT2D eigenvalue weighted by molar-refractivity contribution is 9.09. The Morgan fingerprint density at radius 2 is 1.89 bits per heavy atom. The van der Waals surface area contributed by atoms with Gasteiger partial charge in [0.2, 0.25) is 5.71 Å². The lowest BCUT2D eigenvalue weighted by molar-refractivity contribution is -0.0457. The standard InChI is InChI=1S/C20H29BrN2O5/c21-9-7-5-3-1-2-4-6-8-15-10-14-12-23(20(26)22-19(14)27-15)18-11-16(25)17(13-24)28-18/h10,12,16-18,24-25H,1-9,11,13H2/t16-,17+,18+/m0/s1. The Hall–Kier alpha value is -1.22. The molecule has 2 N–H and O–H groups in total. The number of aliphatic hydroxyl groups excluding tert-OH is 2. The molecule has 3 atom stereocenters. The Labute approximate surface area is 172 Å². The molecule has 0 amide bonds. The summed E-state index contributed by atoms with van der Waals surface area (Å²) in [6.07, 6.45) is 9.22. The van der Waals surface area contributed by atoms with Crippen LogP contribution in [-0.2, 0) is 11.2 Å². The van der Waals surface area contributed by atoms with Crippen LogP contribution < -0.4 is 5.69 Å². The van der Waals surface area contributed by atoms with E-state index in [0.29, 0.717) is 5.71 Å². The number of ether oxygens (including phenoxy) is 1. The van der Waals surface area contributed by atoms with Crippen molar-refractivity contribution >= 4 is 27.0 Å². The summed E-state index contributed by atoms with van der Waals surface area (Å²) in [5, 5.41) is 20.9. The van der Waals surface area contributed by atoms with Crippen LogP contribution in [0.3, 0.4) is 0 Å². The quantitative estimate of drug-likeness (QED) is 0.397. The number of halogens is 1. The van der Waals surface area contributed by atoms with Crippen LogP contribution in [0.2, 0.25) is 0 Å². The highest BCUT2D eigenvalue weighted by Crippen LogP contribution is 2.28. The number of alkyl halides is 1. The van der Waals surface area contributed by atoms with Crippen molar-refractivity contribution in [2.75, 3.05) is 11.9 Å². The number of fused-ring (bicyclic) bond motifs is 1. The molecule has 0 saturated carbocycles. The number of unbranched alkanes of at least 4 members (excludes halogenated alkanes) is 6. The van der Waals surface area contributed by atoms with E-state index in [1.54, 1.807) is 6.20 Å². The number of aromatic nitrogens is 2. The van der Waals surface area contributed by atoms with Crippen LogP contribution in [0.5, 0.6) is 0 Å². The van der Waals surface area contributed by atoms with E-state index >= 15 is 0 Å². The number of hydrogen-bond acceptors (Lipinski definition) is 6. The largest absolute Gasteiger partial charge is 0.443 e. The van der Waals surface area contributed by atoms with Crippen LogP contribution in [0.25, 0.3) is 11.1 Å². The van der Waals surface area contributed by atoms with Gasteiger partial charge < -0.3 is 19.4 Å². The van der Waals surface area contributed by atoms with Crippen molar-refractivity contribution in [1.82, 2.24) is 9.55 Å². The molecule has 3 rings (SSSR count). The average molecular weight is 457 g/mol. The molecular weight excluding hydrogens is 428 g/mol. The maximum Gasteiger partial charge on any atom is 0.353 e. The lowest BCUT2D eigenvalue weighted by Gasteiger charge is -2.13. The second-order valence-corrected chi connectivity index (χ2v) is 8.23. The molecule has 0 bridgehead atoms. The molecule has 0 aliphatic carbocycles. The monoisotopic (exact) mass is 456 g/mol. The van der Waals surface area contributed by atoms with E-state index in [0.717, 1.165) is 29.3 Å². The normalized spacial score (nSPS) is 22.3. The highest BCUT2D eigenvalue weighted by Gasteiger charge is 2.35. The van der Waals surface area contributed by atoms with Crippen molar-refractivity contribution in [3.63, 3.8) is 0 Å². The summed E-state index contributed by atoms with van der Waals surface area (Å²) >= 11 is 3.46. The van der Waals surface area contributed by atoms with Crippen LogP contribution >= 0.6 is 15.9 Å². The average Bonchev–Trinajstić information content (AvgIpc) is 3.25. The third-order valence-electron chi connectivity index (χ3n) is 5.24. The Morgan fingerprint density at radius 1 is 1.18 bits per heavy atom. The number of nitrogens with zero attached hydrogens (tertiary/aromatic N) is 2. The van der Waals surface area contributed by atoms with E-state index in [1.165, 1.54) is 43.1 Å². The topological polar surface area (TPSA) is 97.7 Å². The maximum absolute atomic E-state index is 12.3. The first-order valence-corrected chi connectivity index (χ1v) is 11.3. The molecule has 0 spiro atoms. The number of aliphatic hydroxyl groups is 2. The van der Waals surface area contributed by atoms with E-state index in [9.17, 15) is 15.0 Å². The second-order valence-electron chi connectivity index (χ2n) is 7.43. The van der Waals surface area contributed by atoms with Crippen LogP contribution in [0.15, 0.2) is 21.5 Å². The molecule has 1 aliphatic heterocycles. The first kappa shape index (κ1) is 21.5. The van der Waals surface area contributed by atoms with Gasteiger partial charge in [0.1, 0.15) is 18.1 Å². The summed E-state index contributed by atoms with van der Waals surface area (Å²) in [7, 11) is 0. The van der Waals surface area contributed by atoms with Crippen LogP contribution in [0, 0.1) is 0 Å². The lowest BCUT2D eigenvalue weighted by Crippen LogP contribution is -2.27. The minimum atomic E-state index is -0.794. The molecule has 2 aromatic rings. The fraction of sp³-hybridized carbons (Fsp3) is 0.700. The zero-order valence-electron chi connectivity index (χ0n) is 16.1. The first-order chi connectivity index (χ1) is 13.6. The molecule has 1 aliphatic rings. The summed E-state index contributed by atoms with van der Waals surface area (Å²) in [5.41, 5.74) is -0.143. The predicted molar refractivity (Wildman–Crippen MR) is 110 cm³/mol. The van der Waals surface area contributed by atoms with E-state index in [1.807, 2.05) is 6.07 Å². The Balaban J connectivity index is 1.55. The smallest absolute Gasteiger partial charge is 0.353 e. The lowest BCUT2D eigenvalue weighted by atomic mass is 10.1. The van der Waals surface area contributed by atoms with Crippen molar-refractivity contribution in [2.45, 2.75) is 76.2 Å².